The van der Waals surface area contributed by atoms with Crippen molar-refractivity contribution in [2.45, 2.75) is 0 Å². The molecule has 0 saturated heterocycles. The van der Waals surface area contributed by atoms with Gasteiger partial charge in [0.15, 0.2) is 0 Å². The van der Waals surface area contributed by atoms with E-state index in [1.165, 1.54) is 7.11 Å². The van der Waals surface area contributed by atoms with E-state index in [9.17, 15) is 4.79 Å². The largest absolute Gasteiger partial charge is 0.496 e. The van der Waals surface area contributed by atoms with Crippen molar-refractivity contribution < 1.29 is 9.53 Å². The van der Waals surface area contributed by atoms with Crippen LogP contribution in [-0.2, 0) is 0 Å². The first kappa shape index (κ1) is 12.1. The molecular weight excluding hydrogens is 204 g/mol. The molecule has 0 aliphatic carbocycles. The number of benzene rings is 1. The van der Waals surface area contributed by atoms with Gasteiger partial charge in [-0.15, -0.1) is 6.58 Å². The lowest BCUT2D eigenvalue weighted by molar-refractivity contribution is 0.0807. The second-order valence-electron chi connectivity index (χ2n) is 3.43. The number of amides is 1. The number of carbonyl (C=O) groups is 1. The molecule has 1 rings (SSSR count). The summed E-state index contributed by atoms with van der Waals surface area (Å²) in [5.74, 6) is 0.373. The number of hydrogen-bond acceptors (Lipinski definition) is 3. The molecule has 1 amide bonds. The van der Waals surface area contributed by atoms with Gasteiger partial charge >= 0.3 is 0 Å². The first-order valence-electron chi connectivity index (χ1n) is 4.90. The molecule has 4 heteroatoms. The highest BCUT2D eigenvalue weighted by atomic mass is 16.5. The van der Waals surface area contributed by atoms with Crippen LogP contribution < -0.4 is 10.5 Å². The Bertz CT molecular complexity index is 402. The summed E-state index contributed by atoms with van der Waals surface area (Å²) in [5, 5.41) is 0. The van der Waals surface area contributed by atoms with Gasteiger partial charge < -0.3 is 15.4 Å². The van der Waals surface area contributed by atoms with E-state index in [0.717, 1.165) is 0 Å². The van der Waals surface area contributed by atoms with E-state index in [4.69, 9.17) is 10.5 Å². The van der Waals surface area contributed by atoms with Gasteiger partial charge in [-0.3, -0.25) is 4.79 Å². The highest BCUT2D eigenvalue weighted by molar-refractivity contribution is 5.97. The van der Waals surface area contributed by atoms with Crippen LogP contribution in [0.15, 0.2) is 30.9 Å². The molecule has 0 aromatic heterocycles. The number of likely N-dealkylation sites (N-methyl/N-ethyl adjacent to an activating group) is 1. The van der Waals surface area contributed by atoms with Gasteiger partial charge in [-0.2, -0.15) is 0 Å². The van der Waals surface area contributed by atoms with Gasteiger partial charge in [-0.1, -0.05) is 6.08 Å². The molecular formula is C12H16N2O2. The summed E-state index contributed by atoms with van der Waals surface area (Å²) in [7, 11) is 3.22. The van der Waals surface area contributed by atoms with Crippen LogP contribution in [0.25, 0.3) is 0 Å². The lowest BCUT2D eigenvalue weighted by Crippen LogP contribution is -2.27. The molecule has 0 heterocycles. The molecule has 0 unspecified atom stereocenters. The molecule has 1 aromatic rings. The number of anilines is 1. The third kappa shape index (κ3) is 2.53. The van der Waals surface area contributed by atoms with Crippen LogP contribution >= 0.6 is 0 Å². The lowest BCUT2D eigenvalue weighted by atomic mass is 10.1. The van der Waals surface area contributed by atoms with Crippen LogP contribution in [0.1, 0.15) is 10.4 Å². The molecule has 0 fully saturated rings. The number of rotatable bonds is 4. The Morgan fingerprint density at radius 2 is 2.31 bits per heavy atom. The molecule has 16 heavy (non-hydrogen) atoms. The maximum Gasteiger partial charge on any atom is 0.257 e. The van der Waals surface area contributed by atoms with Crippen molar-refractivity contribution in [2.75, 3.05) is 26.4 Å². The zero-order chi connectivity index (χ0) is 12.1. The third-order valence-electron chi connectivity index (χ3n) is 2.21. The molecule has 0 saturated carbocycles. The predicted molar refractivity (Wildman–Crippen MR) is 64.6 cm³/mol. The van der Waals surface area contributed by atoms with E-state index >= 15 is 0 Å². The maximum atomic E-state index is 12.0. The lowest BCUT2D eigenvalue weighted by Gasteiger charge is -2.16. The molecule has 0 bridgehead atoms. The second kappa shape index (κ2) is 5.21. The van der Waals surface area contributed by atoms with Gasteiger partial charge in [0, 0.05) is 25.3 Å². The molecule has 86 valence electrons. The Morgan fingerprint density at radius 3 is 2.88 bits per heavy atom. The number of methoxy groups -OCH3 is 1. The Morgan fingerprint density at radius 1 is 1.62 bits per heavy atom. The molecule has 1 aromatic carbocycles. The van der Waals surface area contributed by atoms with Crippen molar-refractivity contribution >= 4 is 11.6 Å². The van der Waals surface area contributed by atoms with E-state index in [1.807, 2.05) is 0 Å². The monoisotopic (exact) mass is 220 g/mol. The summed E-state index contributed by atoms with van der Waals surface area (Å²) >= 11 is 0. The topological polar surface area (TPSA) is 55.6 Å². The smallest absolute Gasteiger partial charge is 0.257 e. The minimum absolute atomic E-state index is 0.114. The normalized spacial score (nSPS) is 9.62. The number of nitrogen functional groups attached to an aromatic ring is 1. The zero-order valence-corrected chi connectivity index (χ0v) is 9.56. The third-order valence-corrected chi connectivity index (χ3v) is 2.21. The summed E-state index contributed by atoms with van der Waals surface area (Å²) in [4.78, 5) is 13.5. The fourth-order valence-electron chi connectivity index (χ4n) is 1.37. The summed E-state index contributed by atoms with van der Waals surface area (Å²) in [6, 6.07) is 4.97. The zero-order valence-electron chi connectivity index (χ0n) is 9.56. The minimum Gasteiger partial charge on any atom is -0.496 e. The summed E-state index contributed by atoms with van der Waals surface area (Å²) in [6.45, 7) is 4.08. The van der Waals surface area contributed by atoms with Crippen LogP contribution in [0.4, 0.5) is 5.69 Å². The van der Waals surface area contributed by atoms with Crippen LogP contribution in [-0.4, -0.2) is 31.5 Å². The Labute approximate surface area is 95.3 Å². The first-order valence-corrected chi connectivity index (χ1v) is 4.90. The van der Waals surface area contributed by atoms with Gasteiger partial charge in [0.2, 0.25) is 0 Å². The van der Waals surface area contributed by atoms with Crippen LogP contribution in [0, 0.1) is 0 Å². The van der Waals surface area contributed by atoms with Crippen molar-refractivity contribution in [3.63, 3.8) is 0 Å². The number of hydrogen-bond donors (Lipinski definition) is 1. The Kier molecular flexibility index (Phi) is 3.94. The van der Waals surface area contributed by atoms with Crippen molar-refractivity contribution in [1.82, 2.24) is 4.90 Å². The average molecular weight is 220 g/mol. The molecule has 2 N–H and O–H groups in total. The van der Waals surface area contributed by atoms with Crippen LogP contribution in [0.5, 0.6) is 5.75 Å². The highest BCUT2D eigenvalue weighted by Crippen LogP contribution is 2.22. The van der Waals surface area contributed by atoms with Crippen LogP contribution in [0.2, 0.25) is 0 Å². The van der Waals surface area contributed by atoms with Gasteiger partial charge in [0.05, 0.1) is 12.7 Å². The van der Waals surface area contributed by atoms with Crippen LogP contribution in [0.3, 0.4) is 0 Å². The van der Waals surface area contributed by atoms with E-state index in [2.05, 4.69) is 6.58 Å². The summed E-state index contributed by atoms with van der Waals surface area (Å²) in [5.41, 5.74) is 6.69. The van der Waals surface area contributed by atoms with Gasteiger partial charge in [0.25, 0.3) is 5.91 Å². The Balaban J connectivity index is 3.03. The van der Waals surface area contributed by atoms with E-state index in [0.29, 0.717) is 23.5 Å². The summed E-state index contributed by atoms with van der Waals surface area (Å²) < 4.78 is 5.12. The van der Waals surface area contributed by atoms with Crippen molar-refractivity contribution in [1.29, 1.82) is 0 Å². The fraction of sp³-hybridized carbons (Fsp3) is 0.250. The minimum atomic E-state index is -0.114. The van der Waals surface area contributed by atoms with Gasteiger partial charge in [-0.05, 0) is 12.1 Å². The van der Waals surface area contributed by atoms with Gasteiger partial charge in [-0.25, -0.2) is 0 Å². The number of ether oxygens (including phenoxy) is 1. The second-order valence-corrected chi connectivity index (χ2v) is 3.43. The molecule has 0 spiro atoms. The SMILES string of the molecule is C=CCN(C)C(=O)c1ccc(N)cc1OC. The van der Waals surface area contributed by atoms with Gasteiger partial charge in [0.1, 0.15) is 5.75 Å². The summed E-state index contributed by atoms with van der Waals surface area (Å²) in [6.07, 6.45) is 1.67. The van der Waals surface area contributed by atoms with E-state index in [-0.39, 0.29) is 5.91 Å². The maximum absolute atomic E-state index is 12.0. The Hall–Kier alpha value is -1.97. The van der Waals surface area contributed by atoms with Crippen molar-refractivity contribution in [2.24, 2.45) is 0 Å². The molecule has 0 aliphatic heterocycles. The number of nitrogens with zero attached hydrogens (tertiary/aromatic N) is 1. The first-order chi connectivity index (χ1) is 7.60. The van der Waals surface area contributed by atoms with E-state index < -0.39 is 0 Å². The predicted octanol–water partition coefficient (Wildman–Crippen LogP) is 1.54. The number of carbonyl (C=O) groups excluding carboxylic acids is 1. The average Bonchev–Trinajstić information content (AvgIpc) is 2.28. The quantitative estimate of drug-likeness (QED) is 0.618. The van der Waals surface area contributed by atoms with Crippen molar-refractivity contribution in [3.05, 3.63) is 36.4 Å². The molecule has 4 nitrogen and oxygen atoms in total. The fourth-order valence-corrected chi connectivity index (χ4v) is 1.37. The number of nitrogens with two attached hydrogens (primary N) is 1. The molecule has 0 atom stereocenters. The van der Waals surface area contributed by atoms with Crippen molar-refractivity contribution in [3.8, 4) is 5.75 Å². The molecule has 0 aliphatic rings. The highest BCUT2D eigenvalue weighted by Gasteiger charge is 2.15. The van der Waals surface area contributed by atoms with E-state index in [1.54, 1.807) is 36.2 Å². The molecule has 0 radical (unpaired) electrons. The standard InChI is InChI=1S/C12H16N2O2/c1-4-7-14(2)12(15)10-6-5-9(13)8-11(10)16-3/h4-6,8H,1,7,13H2,2-3H3.